The summed E-state index contributed by atoms with van der Waals surface area (Å²) in [5.41, 5.74) is 0.640. The number of amides is 2. The van der Waals surface area contributed by atoms with E-state index in [-0.39, 0.29) is 30.2 Å². The van der Waals surface area contributed by atoms with Crippen molar-refractivity contribution in [2.75, 3.05) is 26.7 Å². The second-order valence-corrected chi connectivity index (χ2v) is 4.46. The SMILES string of the molecule is CN1C[C@@H](CNC(=O)c2ccc(C#N)nc2)OCC1=O. The first-order chi connectivity index (χ1) is 9.60. The molecule has 1 aliphatic heterocycles. The van der Waals surface area contributed by atoms with E-state index < -0.39 is 0 Å². The molecular weight excluding hydrogens is 260 g/mol. The molecule has 1 N–H and O–H groups in total. The lowest BCUT2D eigenvalue weighted by Gasteiger charge is -2.29. The Balaban J connectivity index is 1.86. The van der Waals surface area contributed by atoms with Crippen LogP contribution in [-0.4, -0.2) is 54.5 Å². The highest BCUT2D eigenvalue weighted by Gasteiger charge is 2.23. The normalized spacial score (nSPS) is 18.5. The lowest BCUT2D eigenvalue weighted by molar-refractivity contribution is -0.146. The Hall–Kier alpha value is -2.46. The van der Waals surface area contributed by atoms with Gasteiger partial charge < -0.3 is 15.0 Å². The number of hydrogen-bond donors (Lipinski definition) is 1. The molecule has 20 heavy (non-hydrogen) atoms. The first-order valence-electron chi connectivity index (χ1n) is 6.10. The van der Waals surface area contributed by atoms with Gasteiger partial charge in [0.1, 0.15) is 18.4 Å². The van der Waals surface area contributed by atoms with Crippen molar-refractivity contribution in [1.82, 2.24) is 15.2 Å². The predicted octanol–water partition coefficient (Wildman–Crippen LogP) is -0.460. The third-order valence-corrected chi connectivity index (χ3v) is 2.98. The molecule has 2 rings (SSSR count). The number of ether oxygens (including phenoxy) is 1. The first kappa shape index (κ1) is 14.0. The second kappa shape index (κ2) is 6.12. The summed E-state index contributed by atoms with van der Waals surface area (Å²) in [7, 11) is 1.70. The average Bonchev–Trinajstić information content (AvgIpc) is 2.48. The molecule has 2 amide bonds. The Labute approximate surface area is 116 Å². The fraction of sp³-hybridized carbons (Fsp3) is 0.385. The van der Waals surface area contributed by atoms with Gasteiger partial charge in [0.05, 0.1) is 11.7 Å². The number of likely N-dealkylation sites (N-methyl/N-ethyl adjacent to an activating group) is 1. The summed E-state index contributed by atoms with van der Waals surface area (Å²) in [6.07, 6.45) is 1.14. The van der Waals surface area contributed by atoms with Gasteiger partial charge >= 0.3 is 0 Å². The Morgan fingerprint density at radius 1 is 1.65 bits per heavy atom. The van der Waals surface area contributed by atoms with Crippen molar-refractivity contribution in [3.8, 4) is 6.07 Å². The van der Waals surface area contributed by atoms with Crippen LogP contribution >= 0.6 is 0 Å². The largest absolute Gasteiger partial charge is 0.365 e. The van der Waals surface area contributed by atoms with Crippen LogP contribution in [0.3, 0.4) is 0 Å². The first-order valence-corrected chi connectivity index (χ1v) is 6.10. The minimum absolute atomic E-state index is 0.0372. The Bertz CT molecular complexity index is 550. The van der Waals surface area contributed by atoms with Crippen molar-refractivity contribution >= 4 is 11.8 Å². The molecule has 0 saturated carbocycles. The minimum Gasteiger partial charge on any atom is -0.365 e. The summed E-state index contributed by atoms with van der Waals surface area (Å²) in [6.45, 7) is 0.802. The fourth-order valence-electron chi connectivity index (χ4n) is 1.79. The van der Waals surface area contributed by atoms with Crippen molar-refractivity contribution in [3.05, 3.63) is 29.6 Å². The highest BCUT2D eigenvalue weighted by Crippen LogP contribution is 2.04. The van der Waals surface area contributed by atoms with Gasteiger partial charge in [0.2, 0.25) is 5.91 Å². The summed E-state index contributed by atoms with van der Waals surface area (Å²) in [5, 5.41) is 11.3. The smallest absolute Gasteiger partial charge is 0.252 e. The molecule has 7 nitrogen and oxygen atoms in total. The van der Waals surface area contributed by atoms with E-state index in [2.05, 4.69) is 10.3 Å². The zero-order valence-electron chi connectivity index (χ0n) is 11.0. The fourth-order valence-corrected chi connectivity index (χ4v) is 1.79. The van der Waals surface area contributed by atoms with Gasteiger partial charge in [-0.3, -0.25) is 9.59 Å². The molecule has 7 heteroatoms. The van der Waals surface area contributed by atoms with Crippen LogP contribution in [0.2, 0.25) is 0 Å². The highest BCUT2D eigenvalue weighted by atomic mass is 16.5. The van der Waals surface area contributed by atoms with Gasteiger partial charge in [-0.1, -0.05) is 0 Å². The van der Waals surface area contributed by atoms with Crippen LogP contribution in [0.25, 0.3) is 0 Å². The van der Waals surface area contributed by atoms with Gasteiger partial charge in [-0.15, -0.1) is 0 Å². The molecule has 0 aromatic carbocycles. The van der Waals surface area contributed by atoms with Crippen LogP contribution in [0.4, 0.5) is 0 Å². The summed E-state index contributed by atoms with van der Waals surface area (Å²) in [6, 6.07) is 4.91. The number of rotatable bonds is 3. The molecule has 1 aromatic heterocycles. The molecule has 0 unspecified atom stereocenters. The third kappa shape index (κ3) is 3.30. The van der Waals surface area contributed by atoms with Crippen LogP contribution in [0.15, 0.2) is 18.3 Å². The molecule has 0 bridgehead atoms. The molecule has 0 radical (unpaired) electrons. The lowest BCUT2D eigenvalue weighted by Crippen LogP contribution is -2.48. The minimum atomic E-state index is -0.287. The predicted molar refractivity (Wildman–Crippen MR) is 68.7 cm³/mol. The second-order valence-electron chi connectivity index (χ2n) is 4.46. The number of aromatic nitrogens is 1. The van der Waals surface area contributed by atoms with Gasteiger partial charge in [-0.05, 0) is 12.1 Å². The standard InChI is InChI=1S/C13H14N4O3/c1-17-7-11(20-8-12(17)18)6-16-13(19)9-2-3-10(4-14)15-5-9/h2-3,5,11H,6-8H2,1H3,(H,16,19)/t11-/m1/s1. The van der Waals surface area contributed by atoms with Crippen LogP contribution in [0.1, 0.15) is 16.1 Å². The van der Waals surface area contributed by atoms with Crippen molar-refractivity contribution in [2.45, 2.75) is 6.10 Å². The summed E-state index contributed by atoms with van der Waals surface area (Å²) in [5.74, 6) is -0.353. The van der Waals surface area contributed by atoms with E-state index in [0.717, 1.165) is 0 Å². The van der Waals surface area contributed by atoms with E-state index >= 15 is 0 Å². The molecule has 0 aliphatic carbocycles. The number of nitrogens with one attached hydrogen (secondary N) is 1. The molecule has 1 aliphatic rings. The molecular formula is C13H14N4O3. The van der Waals surface area contributed by atoms with Crippen molar-refractivity contribution in [2.24, 2.45) is 0 Å². The van der Waals surface area contributed by atoms with Crippen molar-refractivity contribution in [3.63, 3.8) is 0 Å². The van der Waals surface area contributed by atoms with Gasteiger partial charge in [0, 0.05) is 26.3 Å². The zero-order valence-corrected chi connectivity index (χ0v) is 11.0. The highest BCUT2D eigenvalue weighted by molar-refractivity contribution is 5.93. The molecule has 104 valence electrons. The quantitative estimate of drug-likeness (QED) is 0.804. The van der Waals surface area contributed by atoms with E-state index in [4.69, 9.17) is 10.00 Å². The maximum Gasteiger partial charge on any atom is 0.252 e. The number of nitriles is 1. The van der Waals surface area contributed by atoms with Gasteiger partial charge in [0.25, 0.3) is 5.91 Å². The summed E-state index contributed by atoms with van der Waals surface area (Å²) in [4.78, 5) is 28.5. The number of pyridine rings is 1. The Morgan fingerprint density at radius 2 is 2.45 bits per heavy atom. The third-order valence-electron chi connectivity index (χ3n) is 2.98. The number of carbonyl (C=O) groups is 2. The molecule has 2 heterocycles. The Kier molecular flexibility index (Phi) is 4.27. The molecule has 0 spiro atoms. The lowest BCUT2D eigenvalue weighted by atomic mass is 10.2. The van der Waals surface area contributed by atoms with Gasteiger partial charge in [-0.2, -0.15) is 5.26 Å². The number of nitrogens with zero attached hydrogens (tertiary/aromatic N) is 3. The zero-order chi connectivity index (χ0) is 14.5. The summed E-state index contributed by atoms with van der Waals surface area (Å²) < 4.78 is 5.32. The molecule has 1 atom stereocenters. The van der Waals surface area contributed by atoms with Gasteiger partial charge in [-0.25, -0.2) is 4.98 Å². The van der Waals surface area contributed by atoms with Crippen molar-refractivity contribution < 1.29 is 14.3 Å². The molecule has 1 saturated heterocycles. The van der Waals surface area contributed by atoms with Crippen LogP contribution in [-0.2, 0) is 9.53 Å². The van der Waals surface area contributed by atoms with E-state index in [1.165, 1.54) is 18.3 Å². The van der Waals surface area contributed by atoms with Crippen LogP contribution < -0.4 is 5.32 Å². The maximum absolute atomic E-state index is 11.9. The monoisotopic (exact) mass is 274 g/mol. The van der Waals surface area contributed by atoms with E-state index in [1.807, 2.05) is 6.07 Å². The van der Waals surface area contributed by atoms with E-state index in [9.17, 15) is 9.59 Å². The van der Waals surface area contributed by atoms with Crippen LogP contribution in [0, 0.1) is 11.3 Å². The van der Waals surface area contributed by atoms with Crippen LogP contribution in [0.5, 0.6) is 0 Å². The van der Waals surface area contributed by atoms with E-state index in [0.29, 0.717) is 18.7 Å². The number of morpholine rings is 1. The number of hydrogen-bond acceptors (Lipinski definition) is 5. The topological polar surface area (TPSA) is 95.3 Å². The summed E-state index contributed by atoms with van der Waals surface area (Å²) >= 11 is 0. The Morgan fingerprint density at radius 3 is 3.05 bits per heavy atom. The van der Waals surface area contributed by atoms with Crippen molar-refractivity contribution in [1.29, 1.82) is 5.26 Å². The maximum atomic E-state index is 11.9. The van der Waals surface area contributed by atoms with Gasteiger partial charge in [0.15, 0.2) is 0 Å². The number of carbonyl (C=O) groups excluding carboxylic acids is 2. The van der Waals surface area contributed by atoms with E-state index in [1.54, 1.807) is 11.9 Å². The molecule has 1 aromatic rings. The average molecular weight is 274 g/mol. The molecule has 1 fully saturated rings.